The van der Waals surface area contributed by atoms with Gasteiger partial charge in [-0.15, -0.1) is 0 Å². The molecule has 0 spiro atoms. The molecule has 0 aliphatic carbocycles. The highest BCUT2D eigenvalue weighted by Gasteiger charge is 2.06. The van der Waals surface area contributed by atoms with Crippen molar-refractivity contribution in [2.75, 3.05) is 11.1 Å². The van der Waals surface area contributed by atoms with Gasteiger partial charge < -0.3 is 11.1 Å². The van der Waals surface area contributed by atoms with Crippen molar-refractivity contribution >= 4 is 27.8 Å². The Hall–Kier alpha value is -2.55. The standard InChI is InChI=1S/C18H19N3/c1-12(2)13-4-3-5-15(10-13)21-17-7-6-14-11-20-9-8-16(14)18(17)19/h3-12,21H,19H2,1-2H3. The molecule has 3 heteroatoms. The van der Waals surface area contributed by atoms with Crippen molar-refractivity contribution in [3.63, 3.8) is 0 Å². The molecule has 0 bridgehead atoms. The number of hydrogen-bond donors (Lipinski definition) is 2. The van der Waals surface area contributed by atoms with Crippen molar-refractivity contribution in [2.45, 2.75) is 19.8 Å². The van der Waals surface area contributed by atoms with E-state index in [-0.39, 0.29) is 0 Å². The fourth-order valence-corrected chi connectivity index (χ4v) is 2.43. The summed E-state index contributed by atoms with van der Waals surface area (Å²) in [4.78, 5) is 4.12. The maximum atomic E-state index is 6.27. The third-order valence-corrected chi connectivity index (χ3v) is 3.69. The summed E-state index contributed by atoms with van der Waals surface area (Å²) in [6.45, 7) is 4.38. The molecule has 0 saturated heterocycles. The lowest BCUT2D eigenvalue weighted by Crippen LogP contribution is -1.98. The maximum Gasteiger partial charge on any atom is 0.0634 e. The van der Waals surface area contributed by atoms with Gasteiger partial charge in [-0.3, -0.25) is 4.98 Å². The average Bonchev–Trinajstić information content (AvgIpc) is 2.51. The first-order valence-corrected chi connectivity index (χ1v) is 7.14. The number of fused-ring (bicyclic) bond motifs is 1. The van der Waals surface area contributed by atoms with Crippen molar-refractivity contribution in [3.05, 3.63) is 60.4 Å². The Labute approximate surface area is 124 Å². The van der Waals surface area contributed by atoms with Gasteiger partial charge in [-0.2, -0.15) is 0 Å². The number of pyridine rings is 1. The van der Waals surface area contributed by atoms with Gasteiger partial charge in [-0.1, -0.05) is 32.0 Å². The van der Waals surface area contributed by atoms with Gasteiger partial charge in [-0.05, 0) is 35.7 Å². The molecule has 0 aliphatic heterocycles. The van der Waals surface area contributed by atoms with Gasteiger partial charge in [0.2, 0.25) is 0 Å². The van der Waals surface area contributed by atoms with Crippen LogP contribution < -0.4 is 11.1 Å². The smallest absolute Gasteiger partial charge is 0.0634 e. The molecule has 3 rings (SSSR count). The lowest BCUT2D eigenvalue weighted by molar-refractivity contribution is 0.867. The monoisotopic (exact) mass is 277 g/mol. The first-order chi connectivity index (χ1) is 10.1. The third-order valence-electron chi connectivity index (χ3n) is 3.69. The quantitative estimate of drug-likeness (QED) is 0.683. The normalized spacial score (nSPS) is 11.0. The van der Waals surface area contributed by atoms with Crippen LogP contribution >= 0.6 is 0 Å². The average molecular weight is 277 g/mol. The Morgan fingerprint density at radius 1 is 1.10 bits per heavy atom. The Balaban J connectivity index is 1.98. The van der Waals surface area contributed by atoms with Crippen molar-refractivity contribution in [1.82, 2.24) is 4.98 Å². The van der Waals surface area contributed by atoms with Crippen LogP contribution in [0, 0.1) is 0 Å². The van der Waals surface area contributed by atoms with Gasteiger partial charge in [0.15, 0.2) is 0 Å². The molecule has 3 nitrogen and oxygen atoms in total. The van der Waals surface area contributed by atoms with Gasteiger partial charge in [-0.25, -0.2) is 0 Å². The zero-order chi connectivity index (χ0) is 14.8. The largest absolute Gasteiger partial charge is 0.397 e. The van der Waals surface area contributed by atoms with Crippen LogP contribution in [0.25, 0.3) is 10.8 Å². The van der Waals surface area contributed by atoms with E-state index >= 15 is 0 Å². The summed E-state index contributed by atoms with van der Waals surface area (Å²) in [7, 11) is 0. The molecule has 0 saturated carbocycles. The van der Waals surface area contributed by atoms with E-state index in [1.54, 1.807) is 6.20 Å². The SMILES string of the molecule is CC(C)c1cccc(Nc2ccc3cnccc3c2N)c1. The predicted octanol–water partition coefficient (Wildman–Crippen LogP) is 4.68. The second-order valence-corrected chi connectivity index (χ2v) is 5.53. The molecule has 0 radical (unpaired) electrons. The second kappa shape index (κ2) is 5.44. The Morgan fingerprint density at radius 3 is 2.76 bits per heavy atom. The van der Waals surface area contributed by atoms with Crippen LogP contribution in [-0.4, -0.2) is 4.98 Å². The fourth-order valence-electron chi connectivity index (χ4n) is 2.43. The first-order valence-electron chi connectivity index (χ1n) is 7.14. The molecule has 3 N–H and O–H groups in total. The highest BCUT2D eigenvalue weighted by atomic mass is 14.9. The molecule has 1 aromatic heterocycles. The molecule has 21 heavy (non-hydrogen) atoms. The van der Waals surface area contributed by atoms with E-state index in [9.17, 15) is 0 Å². The summed E-state index contributed by atoms with van der Waals surface area (Å²) in [5.74, 6) is 0.506. The number of aromatic nitrogens is 1. The molecule has 2 aromatic carbocycles. The summed E-state index contributed by atoms with van der Waals surface area (Å²) in [6, 6.07) is 14.4. The fraction of sp³-hybridized carbons (Fsp3) is 0.167. The number of benzene rings is 2. The van der Waals surface area contributed by atoms with Crippen LogP contribution in [0.1, 0.15) is 25.3 Å². The van der Waals surface area contributed by atoms with Crippen LogP contribution in [0.3, 0.4) is 0 Å². The van der Waals surface area contributed by atoms with Crippen molar-refractivity contribution in [3.8, 4) is 0 Å². The van der Waals surface area contributed by atoms with Gasteiger partial charge >= 0.3 is 0 Å². The number of nitrogens with zero attached hydrogens (tertiary/aromatic N) is 1. The molecule has 1 heterocycles. The van der Waals surface area contributed by atoms with E-state index in [4.69, 9.17) is 5.73 Å². The van der Waals surface area contributed by atoms with Crippen molar-refractivity contribution in [2.24, 2.45) is 0 Å². The lowest BCUT2D eigenvalue weighted by Gasteiger charge is -2.13. The van der Waals surface area contributed by atoms with Gasteiger partial charge in [0.1, 0.15) is 0 Å². The number of nitrogens with one attached hydrogen (secondary N) is 1. The Kier molecular flexibility index (Phi) is 3.48. The second-order valence-electron chi connectivity index (χ2n) is 5.53. The van der Waals surface area contributed by atoms with E-state index in [0.29, 0.717) is 5.92 Å². The molecule has 3 aromatic rings. The summed E-state index contributed by atoms with van der Waals surface area (Å²) in [5, 5.41) is 5.49. The topological polar surface area (TPSA) is 50.9 Å². The maximum absolute atomic E-state index is 6.27. The van der Waals surface area contributed by atoms with E-state index in [2.05, 4.69) is 48.4 Å². The van der Waals surface area contributed by atoms with Crippen molar-refractivity contribution < 1.29 is 0 Å². The van der Waals surface area contributed by atoms with Crippen molar-refractivity contribution in [1.29, 1.82) is 0 Å². The number of rotatable bonds is 3. The molecular weight excluding hydrogens is 258 g/mol. The predicted molar refractivity (Wildman–Crippen MR) is 90.0 cm³/mol. The molecular formula is C18H19N3. The van der Waals surface area contributed by atoms with Crippen LogP contribution in [0.5, 0.6) is 0 Å². The number of hydrogen-bond acceptors (Lipinski definition) is 3. The summed E-state index contributed by atoms with van der Waals surface area (Å²) < 4.78 is 0. The van der Waals surface area contributed by atoms with Crippen LogP contribution in [0.2, 0.25) is 0 Å². The molecule has 0 unspecified atom stereocenters. The van der Waals surface area contributed by atoms with E-state index in [1.807, 2.05) is 24.4 Å². The Morgan fingerprint density at radius 2 is 1.95 bits per heavy atom. The summed E-state index contributed by atoms with van der Waals surface area (Å²) >= 11 is 0. The molecule has 0 amide bonds. The van der Waals surface area contributed by atoms with Crippen LogP contribution in [0.15, 0.2) is 54.9 Å². The minimum atomic E-state index is 0.506. The molecule has 106 valence electrons. The zero-order valence-electron chi connectivity index (χ0n) is 12.3. The highest BCUT2D eigenvalue weighted by molar-refractivity contribution is 5.99. The number of nitrogen functional groups attached to an aromatic ring is 1. The summed E-state index contributed by atoms with van der Waals surface area (Å²) in [5.41, 5.74) is 10.3. The Bertz CT molecular complexity index is 778. The van der Waals surface area contributed by atoms with Crippen LogP contribution in [-0.2, 0) is 0 Å². The highest BCUT2D eigenvalue weighted by Crippen LogP contribution is 2.31. The number of nitrogens with two attached hydrogens (primary N) is 1. The van der Waals surface area contributed by atoms with Gasteiger partial charge in [0.25, 0.3) is 0 Å². The third kappa shape index (κ3) is 2.68. The van der Waals surface area contributed by atoms with E-state index < -0.39 is 0 Å². The summed E-state index contributed by atoms with van der Waals surface area (Å²) in [6.07, 6.45) is 3.59. The zero-order valence-corrected chi connectivity index (χ0v) is 12.3. The van der Waals surface area contributed by atoms with Gasteiger partial charge in [0, 0.05) is 28.9 Å². The molecule has 0 fully saturated rings. The van der Waals surface area contributed by atoms with E-state index in [0.717, 1.165) is 27.8 Å². The van der Waals surface area contributed by atoms with Crippen LogP contribution in [0.4, 0.5) is 17.1 Å². The number of anilines is 3. The lowest BCUT2D eigenvalue weighted by atomic mass is 10.0. The minimum Gasteiger partial charge on any atom is -0.397 e. The van der Waals surface area contributed by atoms with Gasteiger partial charge in [0.05, 0.1) is 11.4 Å². The molecule has 0 atom stereocenters. The van der Waals surface area contributed by atoms with E-state index in [1.165, 1.54) is 5.56 Å². The first kappa shape index (κ1) is 13.4. The molecule has 0 aliphatic rings. The minimum absolute atomic E-state index is 0.506.